The zero-order chi connectivity index (χ0) is 14.2. The predicted molar refractivity (Wildman–Crippen MR) is 82.3 cm³/mol. The first-order valence-corrected chi connectivity index (χ1v) is 7.93. The van der Waals surface area contributed by atoms with Gasteiger partial charge >= 0.3 is 0 Å². The minimum atomic E-state index is 0.171. The lowest BCUT2D eigenvalue weighted by Crippen LogP contribution is -2.22. The molecule has 6 heteroatoms. The van der Waals surface area contributed by atoms with E-state index in [1.165, 1.54) is 43.8 Å². The Bertz CT molecular complexity index is 435. The third-order valence-corrected chi connectivity index (χ3v) is 3.77. The minimum absolute atomic E-state index is 0.171. The summed E-state index contributed by atoms with van der Waals surface area (Å²) in [6, 6.07) is 0. The van der Waals surface area contributed by atoms with Gasteiger partial charge in [-0.25, -0.2) is 9.97 Å². The van der Waals surface area contributed by atoms with Crippen molar-refractivity contribution in [2.45, 2.75) is 43.9 Å². The third kappa shape index (κ3) is 4.44. The van der Waals surface area contributed by atoms with E-state index in [4.69, 9.17) is 0 Å². The molecule has 110 valence electrons. The smallest absolute Gasteiger partial charge is 0.225 e. The molecule has 1 saturated heterocycles. The van der Waals surface area contributed by atoms with Crippen molar-refractivity contribution in [3.05, 3.63) is 12.4 Å². The standard InChI is InChI=1S/C14H21FN4S/c1-2-3-4-5-7-16-12-6-8-19(11-12)14-17-9-13(20-15)10-18-14/h9-10H,2-8,11H2,1H3/b16-12+. The van der Waals surface area contributed by atoms with E-state index in [1.807, 2.05) is 0 Å². The molecule has 0 atom stereocenters. The molecule has 0 unspecified atom stereocenters. The van der Waals surface area contributed by atoms with Gasteiger partial charge < -0.3 is 4.90 Å². The minimum Gasteiger partial charge on any atom is -0.335 e. The molecule has 2 heterocycles. The van der Waals surface area contributed by atoms with Gasteiger partial charge in [-0.15, -0.1) is 0 Å². The SMILES string of the molecule is CCCCCC/N=C1\CCN(c2ncc(SF)cn2)C1. The summed E-state index contributed by atoms with van der Waals surface area (Å²) in [6.07, 6.45) is 9.02. The molecule has 0 aromatic carbocycles. The fraction of sp³-hybridized carbons (Fsp3) is 0.643. The van der Waals surface area contributed by atoms with Gasteiger partial charge in [0.2, 0.25) is 5.95 Å². The Balaban J connectivity index is 1.80. The van der Waals surface area contributed by atoms with Crippen LogP contribution in [0.2, 0.25) is 0 Å². The Morgan fingerprint density at radius 2 is 2.10 bits per heavy atom. The van der Waals surface area contributed by atoms with Crippen LogP contribution in [0.5, 0.6) is 0 Å². The largest absolute Gasteiger partial charge is 0.335 e. The number of halogens is 1. The normalized spacial score (nSPS) is 17.1. The summed E-state index contributed by atoms with van der Waals surface area (Å²) in [4.78, 5) is 15.6. The molecule has 20 heavy (non-hydrogen) atoms. The van der Waals surface area contributed by atoms with Gasteiger partial charge in [0.05, 0.1) is 23.6 Å². The van der Waals surface area contributed by atoms with Crippen LogP contribution < -0.4 is 4.90 Å². The monoisotopic (exact) mass is 296 g/mol. The molecular formula is C14H21FN4S. The fourth-order valence-electron chi connectivity index (χ4n) is 2.23. The molecule has 1 fully saturated rings. The highest BCUT2D eigenvalue weighted by Gasteiger charge is 2.19. The summed E-state index contributed by atoms with van der Waals surface area (Å²) in [6.45, 7) is 4.85. The van der Waals surface area contributed by atoms with Gasteiger partial charge in [-0.2, -0.15) is 3.89 Å². The Morgan fingerprint density at radius 3 is 2.80 bits per heavy atom. The lowest BCUT2D eigenvalue weighted by Gasteiger charge is -2.13. The molecule has 2 rings (SSSR count). The molecule has 1 aromatic heterocycles. The number of hydrogen-bond donors (Lipinski definition) is 0. The first kappa shape index (κ1) is 15.2. The maximum atomic E-state index is 12.3. The molecule has 0 radical (unpaired) electrons. The number of anilines is 1. The van der Waals surface area contributed by atoms with Gasteiger partial charge in [0.25, 0.3) is 0 Å². The molecular weight excluding hydrogens is 275 g/mol. The van der Waals surface area contributed by atoms with Crippen LogP contribution in [0.15, 0.2) is 22.3 Å². The van der Waals surface area contributed by atoms with Crippen LogP contribution in [-0.2, 0) is 0 Å². The van der Waals surface area contributed by atoms with Crippen molar-refractivity contribution in [2.24, 2.45) is 4.99 Å². The number of unbranched alkanes of at least 4 members (excludes halogenated alkanes) is 3. The van der Waals surface area contributed by atoms with Crippen molar-refractivity contribution in [2.75, 3.05) is 24.5 Å². The van der Waals surface area contributed by atoms with E-state index in [9.17, 15) is 3.89 Å². The Labute approximate surface area is 124 Å². The van der Waals surface area contributed by atoms with E-state index < -0.39 is 0 Å². The first-order valence-electron chi connectivity index (χ1n) is 7.21. The molecule has 0 bridgehead atoms. The summed E-state index contributed by atoms with van der Waals surface area (Å²) in [7, 11) is 0. The van der Waals surface area contributed by atoms with Crippen LogP contribution >= 0.6 is 12.1 Å². The molecule has 1 aliphatic heterocycles. The number of aliphatic imine (C=N–C) groups is 1. The first-order chi connectivity index (χ1) is 9.83. The van der Waals surface area contributed by atoms with Crippen molar-refractivity contribution in [3.63, 3.8) is 0 Å². The topological polar surface area (TPSA) is 41.4 Å². The van der Waals surface area contributed by atoms with Gasteiger partial charge in [-0.1, -0.05) is 26.2 Å². The Kier molecular flexibility index (Phi) is 6.24. The van der Waals surface area contributed by atoms with E-state index >= 15 is 0 Å². The molecule has 4 nitrogen and oxygen atoms in total. The molecule has 0 N–H and O–H groups in total. The highest BCUT2D eigenvalue weighted by molar-refractivity contribution is 7.94. The molecule has 1 aromatic rings. The van der Waals surface area contributed by atoms with Crippen LogP contribution in [-0.4, -0.2) is 35.3 Å². The number of aromatic nitrogens is 2. The quantitative estimate of drug-likeness (QED) is 0.720. The van der Waals surface area contributed by atoms with Crippen LogP contribution in [0.3, 0.4) is 0 Å². The van der Waals surface area contributed by atoms with Crippen LogP contribution in [0.4, 0.5) is 9.83 Å². The summed E-state index contributed by atoms with van der Waals surface area (Å²) < 4.78 is 12.3. The van der Waals surface area contributed by atoms with E-state index in [1.54, 1.807) is 0 Å². The highest BCUT2D eigenvalue weighted by Crippen LogP contribution is 2.19. The van der Waals surface area contributed by atoms with Gasteiger partial charge in [-0.05, 0) is 6.42 Å². The summed E-state index contributed by atoms with van der Waals surface area (Å²) in [5, 5.41) is 0. The zero-order valence-electron chi connectivity index (χ0n) is 11.9. The Hall–Kier alpha value is -1.17. The van der Waals surface area contributed by atoms with Gasteiger partial charge in [0, 0.05) is 37.6 Å². The van der Waals surface area contributed by atoms with Crippen molar-refractivity contribution < 1.29 is 3.89 Å². The lowest BCUT2D eigenvalue weighted by atomic mass is 10.2. The number of hydrogen-bond acceptors (Lipinski definition) is 5. The second kappa shape index (κ2) is 8.19. The van der Waals surface area contributed by atoms with Crippen LogP contribution in [0.1, 0.15) is 39.0 Å². The summed E-state index contributed by atoms with van der Waals surface area (Å²) in [5.74, 6) is 0.666. The van der Waals surface area contributed by atoms with Gasteiger partial charge in [0.1, 0.15) is 0 Å². The number of rotatable bonds is 7. The molecule has 0 saturated carbocycles. The molecule has 1 aliphatic rings. The van der Waals surface area contributed by atoms with Gasteiger partial charge in [-0.3, -0.25) is 4.99 Å². The van der Waals surface area contributed by atoms with E-state index in [0.717, 1.165) is 26.1 Å². The molecule has 0 amide bonds. The average molecular weight is 296 g/mol. The van der Waals surface area contributed by atoms with Crippen LogP contribution in [0.25, 0.3) is 0 Å². The summed E-state index contributed by atoms with van der Waals surface area (Å²) >= 11 is 0.171. The van der Waals surface area contributed by atoms with Crippen molar-refractivity contribution >= 4 is 23.8 Å². The Morgan fingerprint density at radius 1 is 1.30 bits per heavy atom. The van der Waals surface area contributed by atoms with E-state index in [0.29, 0.717) is 10.8 Å². The zero-order valence-corrected chi connectivity index (χ0v) is 12.7. The summed E-state index contributed by atoms with van der Waals surface area (Å²) in [5.41, 5.74) is 1.23. The van der Waals surface area contributed by atoms with Crippen LogP contribution in [0, 0.1) is 0 Å². The maximum Gasteiger partial charge on any atom is 0.225 e. The van der Waals surface area contributed by atoms with Crippen molar-refractivity contribution in [3.8, 4) is 0 Å². The van der Waals surface area contributed by atoms with Gasteiger partial charge in [0.15, 0.2) is 0 Å². The van der Waals surface area contributed by atoms with Crippen molar-refractivity contribution in [1.29, 1.82) is 0 Å². The lowest BCUT2D eigenvalue weighted by molar-refractivity contribution is 0.674. The molecule has 0 aliphatic carbocycles. The fourth-order valence-corrected chi connectivity index (χ4v) is 2.42. The van der Waals surface area contributed by atoms with E-state index in [2.05, 4.69) is 26.8 Å². The predicted octanol–water partition coefficient (Wildman–Crippen LogP) is 3.68. The maximum absolute atomic E-state index is 12.3. The average Bonchev–Trinajstić information content (AvgIpc) is 2.96. The van der Waals surface area contributed by atoms with Crippen molar-refractivity contribution in [1.82, 2.24) is 9.97 Å². The highest BCUT2D eigenvalue weighted by atomic mass is 32.2. The second-order valence-electron chi connectivity index (χ2n) is 4.98. The number of nitrogens with zero attached hydrogens (tertiary/aromatic N) is 4. The van der Waals surface area contributed by atoms with E-state index in [-0.39, 0.29) is 12.1 Å². The molecule has 0 spiro atoms. The third-order valence-electron chi connectivity index (χ3n) is 3.38. The second-order valence-corrected chi connectivity index (χ2v) is 5.60.